The highest BCUT2D eigenvalue weighted by Gasteiger charge is 2.52. The Morgan fingerprint density at radius 3 is 2.20 bits per heavy atom. The second-order valence-corrected chi connectivity index (χ2v) is 21.0. The quantitative estimate of drug-likeness (QED) is 0.126. The fourth-order valence-electron chi connectivity index (χ4n) is 11.3. The summed E-state index contributed by atoms with van der Waals surface area (Å²) in [5, 5.41) is 23.0. The molecule has 64 heavy (non-hydrogen) atoms. The normalized spacial score (nSPS) is 26.0. The van der Waals surface area contributed by atoms with Crippen molar-refractivity contribution in [2.75, 3.05) is 6.54 Å². The number of amides is 5. The van der Waals surface area contributed by atoms with Crippen LogP contribution in [0.4, 0.5) is 0 Å². The van der Waals surface area contributed by atoms with Crippen molar-refractivity contribution in [1.82, 2.24) is 36.1 Å². The third kappa shape index (κ3) is 12.1. The second kappa shape index (κ2) is 21.7. The molecule has 5 amide bonds. The molecular weight excluding hydrogens is 807 g/mol. The van der Waals surface area contributed by atoms with E-state index in [9.17, 15) is 29.1 Å². The number of fused-ring (bicyclic) bond motifs is 1. The third-order valence-corrected chi connectivity index (χ3v) is 15.1. The highest BCUT2D eigenvalue weighted by atomic mass is 16.3. The maximum Gasteiger partial charge on any atom is 0.272 e. The number of rotatable bonds is 16. The number of aliphatic hydroxyl groups is 1. The van der Waals surface area contributed by atoms with Crippen molar-refractivity contribution in [2.24, 2.45) is 29.1 Å². The van der Waals surface area contributed by atoms with E-state index in [2.05, 4.69) is 56.6 Å². The van der Waals surface area contributed by atoms with Gasteiger partial charge >= 0.3 is 0 Å². The predicted molar refractivity (Wildman–Crippen MR) is 246 cm³/mol. The zero-order valence-corrected chi connectivity index (χ0v) is 38.9. The third-order valence-electron chi connectivity index (χ3n) is 15.1. The molecule has 1 saturated heterocycles. The van der Waals surface area contributed by atoms with Crippen LogP contribution in [0.3, 0.4) is 0 Å². The number of benzene rings is 1. The SMILES string of the molecule is CCC[C@@H](NC(=O)[C@@H]1[C@H]2CCC[C@H]2CN1C(=O)[C@@H](NC(=O)[C@@H](NC(=O)c1cnc(CC2CCCCC(c3ccccc3)CC2)cn1)C1CCCCC1)C(C)(C)C)C(O)C(=O)NC1CC1. The predicted octanol–water partition coefficient (Wildman–Crippen LogP) is 6.53. The van der Waals surface area contributed by atoms with E-state index in [0.717, 1.165) is 95.6 Å². The highest BCUT2D eigenvalue weighted by Crippen LogP contribution is 2.43. The zero-order chi connectivity index (χ0) is 45.4. The minimum absolute atomic E-state index is 0.0644. The van der Waals surface area contributed by atoms with Crippen molar-refractivity contribution >= 4 is 29.5 Å². The van der Waals surface area contributed by atoms with Crippen LogP contribution in [0, 0.1) is 29.1 Å². The Hall–Kier alpha value is -4.39. The topological polar surface area (TPSA) is 183 Å². The van der Waals surface area contributed by atoms with Crippen molar-refractivity contribution in [2.45, 2.75) is 192 Å². The summed E-state index contributed by atoms with van der Waals surface area (Å²) in [5.74, 6) is -1.08. The lowest BCUT2D eigenvalue weighted by Crippen LogP contribution is -2.62. The lowest BCUT2D eigenvalue weighted by atomic mass is 9.81. The van der Waals surface area contributed by atoms with Crippen LogP contribution >= 0.6 is 0 Å². The fourth-order valence-corrected chi connectivity index (χ4v) is 11.3. The summed E-state index contributed by atoms with van der Waals surface area (Å²) in [6, 6.07) is 7.41. The smallest absolute Gasteiger partial charge is 0.272 e. The minimum Gasteiger partial charge on any atom is -0.381 e. The van der Waals surface area contributed by atoms with Gasteiger partial charge in [0.2, 0.25) is 17.7 Å². The standard InChI is InChI=1S/C51H75N7O6/c1-5-15-40(44(59)49(63)54-37-26-27-37)55-48(62)43-39-23-14-22-36(39)31-58(43)50(64)45(51(2,3)4)57-47(61)42(35-20-10-7-11-21-35)56-46(60)41-30-52-38(29-53-41)28-32-16-12-13-19-34(25-24-32)33-17-8-6-9-18-33/h6,8-9,17-18,29-30,32,34-37,39-40,42-45,59H,5,7,10-16,19-28,31H2,1-4H3,(H,54,63)(H,55,62)(H,56,60)(H,57,61)/t32?,34?,36-,39-,40+,42-,43-,44?,45+/m0/s1. The molecule has 13 heteroatoms. The van der Waals surface area contributed by atoms with Crippen molar-refractivity contribution in [3.63, 3.8) is 0 Å². The van der Waals surface area contributed by atoms with Gasteiger partial charge in [0.25, 0.3) is 11.8 Å². The van der Waals surface area contributed by atoms with Gasteiger partial charge in [-0.3, -0.25) is 29.0 Å². The number of aromatic nitrogens is 2. The summed E-state index contributed by atoms with van der Waals surface area (Å²) in [6.07, 6.45) is 19.6. The molecule has 5 aliphatic rings. The molecule has 2 aromatic rings. The minimum atomic E-state index is -1.41. The number of carbonyl (C=O) groups is 5. The number of nitrogens with one attached hydrogen (secondary N) is 4. The Labute approximate surface area is 380 Å². The van der Waals surface area contributed by atoms with Gasteiger partial charge in [-0.1, -0.05) is 109 Å². The van der Waals surface area contributed by atoms with Gasteiger partial charge in [0.05, 0.1) is 17.9 Å². The number of likely N-dealkylation sites (tertiary alicyclic amines) is 1. The number of hydrogen-bond acceptors (Lipinski definition) is 8. The van der Waals surface area contributed by atoms with Gasteiger partial charge < -0.3 is 31.3 Å². The van der Waals surface area contributed by atoms with Crippen LogP contribution in [0.15, 0.2) is 42.7 Å². The average molecular weight is 882 g/mol. The van der Waals surface area contributed by atoms with Gasteiger partial charge in [-0.2, -0.15) is 0 Å². The fraction of sp³-hybridized carbons (Fsp3) is 0.706. The molecule has 4 saturated carbocycles. The van der Waals surface area contributed by atoms with E-state index < -0.39 is 53.4 Å². The van der Waals surface area contributed by atoms with Gasteiger partial charge in [-0.05, 0) is 111 Å². The van der Waals surface area contributed by atoms with Crippen LogP contribution in [0.1, 0.15) is 171 Å². The summed E-state index contributed by atoms with van der Waals surface area (Å²) in [5.41, 5.74) is 1.69. The van der Waals surface area contributed by atoms with E-state index >= 15 is 0 Å². The van der Waals surface area contributed by atoms with Crippen molar-refractivity contribution in [3.8, 4) is 0 Å². The van der Waals surface area contributed by atoms with Crippen LogP contribution in [0.25, 0.3) is 0 Å². The molecule has 0 bridgehead atoms. The number of hydrogen-bond donors (Lipinski definition) is 5. The summed E-state index contributed by atoms with van der Waals surface area (Å²) < 4.78 is 0. The molecule has 1 aromatic heterocycles. The van der Waals surface area contributed by atoms with Gasteiger partial charge in [-0.15, -0.1) is 0 Å². The summed E-state index contributed by atoms with van der Waals surface area (Å²) in [7, 11) is 0. The van der Waals surface area contributed by atoms with Crippen LogP contribution in [0.5, 0.6) is 0 Å². The van der Waals surface area contributed by atoms with Crippen molar-refractivity contribution < 1.29 is 29.1 Å². The molecule has 0 radical (unpaired) electrons. The zero-order valence-electron chi connectivity index (χ0n) is 38.9. The summed E-state index contributed by atoms with van der Waals surface area (Å²) in [4.78, 5) is 81.6. The van der Waals surface area contributed by atoms with E-state index in [1.165, 1.54) is 31.0 Å². The number of aliphatic hydroxyl groups excluding tert-OH is 1. The maximum atomic E-state index is 14.9. The van der Waals surface area contributed by atoms with Crippen LogP contribution in [-0.4, -0.2) is 92.4 Å². The van der Waals surface area contributed by atoms with E-state index in [-0.39, 0.29) is 41.3 Å². The maximum absolute atomic E-state index is 14.9. The summed E-state index contributed by atoms with van der Waals surface area (Å²) >= 11 is 0. The number of carbonyl (C=O) groups excluding carboxylic acids is 5. The number of nitrogens with zero attached hydrogens (tertiary/aromatic N) is 3. The Bertz CT molecular complexity index is 1890. The molecule has 9 atom stereocenters. The highest BCUT2D eigenvalue weighted by molar-refractivity contribution is 5.98. The molecule has 0 spiro atoms. The first kappa shape index (κ1) is 47.6. The van der Waals surface area contributed by atoms with Crippen LogP contribution < -0.4 is 21.3 Å². The van der Waals surface area contributed by atoms with E-state index in [4.69, 9.17) is 4.98 Å². The first-order chi connectivity index (χ1) is 30.8. The molecule has 350 valence electrons. The first-order valence-electron chi connectivity index (χ1n) is 24.9. The van der Waals surface area contributed by atoms with Gasteiger partial charge in [0, 0.05) is 18.8 Å². The van der Waals surface area contributed by atoms with E-state index in [1.54, 1.807) is 11.1 Å². The average Bonchev–Trinajstić information content (AvgIpc) is 3.85. The Balaban J connectivity index is 1.02. The first-order valence-corrected chi connectivity index (χ1v) is 24.9. The van der Waals surface area contributed by atoms with Crippen molar-refractivity contribution in [3.05, 3.63) is 59.7 Å². The molecule has 3 unspecified atom stereocenters. The monoisotopic (exact) mass is 882 g/mol. The molecule has 2 heterocycles. The van der Waals surface area contributed by atoms with E-state index in [1.807, 2.05) is 27.7 Å². The van der Waals surface area contributed by atoms with Gasteiger partial charge in [0.15, 0.2) is 6.10 Å². The Morgan fingerprint density at radius 1 is 0.781 bits per heavy atom. The molecule has 13 nitrogen and oxygen atoms in total. The van der Waals surface area contributed by atoms with Crippen LogP contribution in [0.2, 0.25) is 0 Å². The molecular formula is C51H75N7O6. The Kier molecular flexibility index (Phi) is 16.2. The lowest BCUT2D eigenvalue weighted by Gasteiger charge is -2.38. The molecule has 7 rings (SSSR count). The van der Waals surface area contributed by atoms with Gasteiger partial charge in [-0.25, -0.2) is 4.98 Å². The molecule has 1 aromatic carbocycles. The largest absolute Gasteiger partial charge is 0.381 e. The van der Waals surface area contributed by atoms with E-state index in [0.29, 0.717) is 31.2 Å². The molecule has 5 fully saturated rings. The van der Waals surface area contributed by atoms with Crippen molar-refractivity contribution in [1.29, 1.82) is 0 Å². The second-order valence-electron chi connectivity index (χ2n) is 21.0. The summed E-state index contributed by atoms with van der Waals surface area (Å²) in [6.45, 7) is 8.03. The van der Waals surface area contributed by atoms with Crippen LogP contribution in [-0.2, 0) is 25.6 Å². The Morgan fingerprint density at radius 2 is 1.52 bits per heavy atom. The molecule has 5 N–H and O–H groups in total. The lowest BCUT2D eigenvalue weighted by molar-refractivity contribution is -0.146. The van der Waals surface area contributed by atoms with Gasteiger partial charge in [0.1, 0.15) is 23.8 Å². The molecule has 1 aliphatic heterocycles. The molecule has 4 aliphatic carbocycles.